The van der Waals surface area contributed by atoms with Gasteiger partial charge in [0.15, 0.2) is 0 Å². The number of nitrogens with one attached hydrogen (secondary N) is 2. The van der Waals surface area contributed by atoms with Crippen molar-refractivity contribution in [3.8, 4) is 0 Å². The molecule has 0 radical (unpaired) electrons. The number of anilines is 1. The highest BCUT2D eigenvalue weighted by atomic mass is 32.2. The van der Waals surface area contributed by atoms with Gasteiger partial charge in [0.1, 0.15) is 11.4 Å². The van der Waals surface area contributed by atoms with E-state index in [0.29, 0.717) is 35.6 Å². The highest BCUT2D eigenvalue weighted by Crippen LogP contribution is 2.53. The molecule has 59 heavy (non-hydrogen) atoms. The van der Waals surface area contributed by atoms with Crippen molar-refractivity contribution in [2.75, 3.05) is 26.0 Å². The predicted octanol–water partition coefficient (Wildman–Crippen LogP) is 2.02. The molecule has 7 N–H and O–H groups in total. The van der Waals surface area contributed by atoms with E-state index in [-0.39, 0.29) is 81.6 Å². The highest BCUT2D eigenvalue weighted by Gasteiger charge is 2.61. The molecule has 1 saturated carbocycles. The molecule has 4 fully saturated rings. The van der Waals surface area contributed by atoms with Gasteiger partial charge in [-0.15, -0.1) is 11.8 Å². The monoisotopic (exact) mass is 839 g/mol. The van der Waals surface area contributed by atoms with Crippen LogP contribution in [0.3, 0.4) is 0 Å². The number of aromatic carboxylic acids is 1. The first-order valence-corrected chi connectivity index (χ1v) is 20.8. The van der Waals surface area contributed by atoms with Crippen LogP contribution < -0.4 is 10.6 Å². The smallest absolute Gasteiger partial charge is 0.353 e. The number of benzene rings is 1. The SMILES string of the molecule is CC(O)C1C(=O)N2C(C(=O)O)=C(CC3CNC(C(=O)Nc4cccc(C(=O)O)c4)C3)C(C)C12.CC(O)C1C(=O)N2C(C(=O)O)=C(SC3CC[C@H](C(=O)N(C)C)C3)C(C)C12. The molecule has 4 amide bonds. The summed E-state index contributed by atoms with van der Waals surface area (Å²) in [7, 11) is 3.50. The molecule has 7 rings (SSSR count). The van der Waals surface area contributed by atoms with Crippen LogP contribution in [-0.4, -0.2) is 138 Å². The maximum atomic E-state index is 12.7. The van der Waals surface area contributed by atoms with Crippen LogP contribution in [0.5, 0.6) is 0 Å². The molecule has 0 aromatic heterocycles. The van der Waals surface area contributed by atoms with Crippen molar-refractivity contribution in [2.45, 2.75) is 95.4 Å². The lowest BCUT2D eigenvalue weighted by molar-refractivity contribution is -0.163. The summed E-state index contributed by atoms with van der Waals surface area (Å²) in [5.41, 5.74) is 1.20. The number of hydrogen-bond acceptors (Lipinski definition) is 11. The Balaban J connectivity index is 0.000000204. The van der Waals surface area contributed by atoms with Crippen LogP contribution in [0.25, 0.3) is 0 Å². The fraction of sp³-hybridized carbons (Fsp3) is 0.585. The van der Waals surface area contributed by atoms with Crippen LogP contribution in [0.4, 0.5) is 5.69 Å². The molecule has 0 bridgehead atoms. The van der Waals surface area contributed by atoms with Crippen molar-refractivity contribution in [1.82, 2.24) is 20.0 Å². The van der Waals surface area contributed by atoms with Gasteiger partial charge in [-0.25, -0.2) is 14.4 Å². The second-order valence-corrected chi connectivity index (χ2v) is 18.2. The van der Waals surface area contributed by atoms with Gasteiger partial charge >= 0.3 is 17.9 Å². The molecule has 12 atom stereocenters. The number of carbonyl (C=O) groups is 7. The molecule has 3 saturated heterocycles. The van der Waals surface area contributed by atoms with E-state index in [4.69, 9.17) is 5.11 Å². The van der Waals surface area contributed by atoms with Gasteiger partial charge in [0, 0.05) is 47.7 Å². The number of thioether (sulfide) groups is 1. The summed E-state index contributed by atoms with van der Waals surface area (Å²) in [6, 6.07) is 4.85. The van der Waals surface area contributed by atoms with Crippen LogP contribution in [-0.2, 0) is 28.8 Å². The molecule has 17 nitrogen and oxygen atoms in total. The van der Waals surface area contributed by atoms with Gasteiger partial charge in [-0.1, -0.05) is 19.9 Å². The minimum Gasteiger partial charge on any atom is -0.478 e. The molecule has 18 heteroatoms. The molecular weight excluding hydrogens is 787 g/mol. The lowest BCUT2D eigenvalue weighted by Gasteiger charge is -2.46. The van der Waals surface area contributed by atoms with E-state index in [2.05, 4.69) is 10.6 Å². The number of aliphatic carboxylic acids is 2. The number of β-lactam (4-membered cyclic amide) rings is 2. The summed E-state index contributed by atoms with van der Waals surface area (Å²) in [6.45, 7) is 7.44. The summed E-state index contributed by atoms with van der Waals surface area (Å²) in [5, 5.41) is 54.4. The highest BCUT2D eigenvalue weighted by molar-refractivity contribution is 8.03. The standard InChI is InChI=1S/C23H27N3O7.C18H26N2O5S/c1-10-15(19(23(32)33)26-18(10)17(11(2)27)21(26)29)6-12-7-16(24-9-12)20(28)25-14-5-3-4-13(8-14)22(30)31;1-8-13-12(9(2)21)17(23)20(13)14(18(24)25)15(8)26-11-6-5-10(7-11)16(22)19(3)4/h3-5,8,10-12,16-18,24,27H,6-7,9H2,1-2H3,(H,25,28)(H,30,31)(H,32,33);8-13,21H,5-7H2,1-4H3,(H,24,25)/t;8?,9?,10-,11?,12?,13?/m.0/s1. The van der Waals surface area contributed by atoms with E-state index in [0.717, 1.165) is 19.3 Å². The third kappa shape index (κ3) is 8.11. The van der Waals surface area contributed by atoms with Crippen molar-refractivity contribution in [1.29, 1.82) is 0 Å². The number of fused-ring (bicyclic) bond motifs is 2. The van der Waals surface area contributed by atoms with Crippen LogP contribution in [0.2, 0.25) is 0 Å². The largest absolute Gasteiger partial charge is 0.478 e. The minimum atomic E-state index is -1.16. The quantitative estimate of drug-likeness (QED) is 0.149. The Hall–Kier alpha value is -4.78. The number of nitrogens with zero attached hydrogens (tertiary/aromatic N) is 3. The van der Waals surface area contributed by atoms with E-state index >= 15 is 0 Å². The van der Waals surface area contributed by atoms with Crippen LogP contribution >= 0.6 is 11.8 Å². The topological polar surface area (TPSA) is 254 Å². The Labute approximate surface area is 345 Å². The molecule has 1 aromatic rings. The first-order valence-electron chi connectivity index (χ1n) is 20.0. The van der Waals surface area contributed by atoms with Crippen molar-refractivity contribution in [3.63, 3.8) is 0 Å². The summed E-state index contributed by atoms with van der Waals surface area (Å²) < 4.78 is 0. The number of aliphatic hydroxyl groups excluding tert-OH is 2. The molecule has 1 aliphatic carbocycles. The van der Waals surface area contributed by atoms with E-state index < -0.39 is 48.0 Å². The second kappa shape index (κ2) is 17.1. The molecule has 320 valence electrons. The van der Waals surface area contributed by atoms with Gasteiger partial charge in [-0.2, -0.15) is 0 Å². The van der Waals surface area contributed by atoms with E-state index in [9.17, 15) is 54.0 Å². The lowest BCUT2D eigenvalue weighted by Crippen LogP contribution is -2.63. The number of carboxylic acid groups (broad SMARTS) is 3. The number of aliphatic hydroxyl groups is 2. The Morgan fingerprint density at radius 2 is 1.46 bits per heavy atom. The zero-order chi connectivity index (χ0) is 43.4. The van der Waals surface area contributed by atoms with Crippen LogP contribution in [0.15, 0.2) is 46.1 Å². The Bertz CT molecular complexity index is 2000. The molecule has 1 aromatic carbocycles. The first-order chi connectivity index (χ1) is 27.7. The fourth-order valence-corrected chi connectivity index (χ4v) is 11.4. The number of rotatable bonds is 12. The third-order valence-electron chi connectivity index (χ3n) is 12.7. The molecule has 11 unspecified atom stereocenters. The third-order valence-corrected chi connectivity index (χ3v) is 14.3. The van der Waals surface area contributed by atoms with Gasteiger partial charge in [-0.05, 0) is 82.2 Å². The van der Waals surface area contributed by atoms with Gasteiger partial charge < -0.3 is 50.9 Å². The average molecular weight is 840 g/mol. The molecule has 5 heterocycles. The maximum absolute atomic E-state index is 12.7. The van der Waals surface area contributed by atoms with Crippen molar-refractivity contribution in [2.24, 2.45) is 35.5 Å². The summed E-state index contributed by atoms with van der Waals surface area (Å²) in [6.07, 6.45) is 1.66. The summed E-state index contributed by atoms with van der Waals surface area (Å²) in [4.78, 5) is 89.6. The van der Waals surface area contributed by atoms with E-state index in [1.165, 1.54) is 33.7 Å². The number of carbonyl (C=O) groups excluding carboxylic acids is 4. The fourth-order valence-electron chi connectivity index (χ4n) is 9.85. The summed E-state index contributed by atoms with van der Waals surface area (Å²) >= 11 is 1.51. The number of carboxylic acids is 3. The normalized spacial score (nSPS) is 31.7. The van der Waals surface area contributed by atoms with Crippen LogP contribution in [0.1, 0.15) is 70.2 Å². The Kier molecular flexibility index (Phi) is 12.7. The van der Waals surface area contributed by atoms with E-state index in [1.807, 2.05) is 13.8 Å². The molecule has 0 spiro atoms. The summed E-state index contributed by atoms with van der Waals surface area (Å²) in [5.74, 6) is -5.66. The Morgan fingerprint density at radius 1 is 0.864 bits per heavy atom. The molecular formula is C41H53N5O12S. The molecule has 5 aliphatic heterocycles. The van der Waals surface area contributed by atoms with Gasteiger partial charge in [-0.3, -0.25) is 19.2 Å². The zero-order valence-corrected chi connectivity index (χ0v) is 34.6. The van der Waals surface area contributed by atoms with Gasteiger partial charge in [0.25, 0.3) is 0 Å². The van der Waals surface area contributed by atoms with Crippen molar-refractivity contribution < 1.29 is 59.1 Å². The van der Waals surface area contributed by atoms with Gasteiger partial charge in [0.05, 0.1) is 47.7 Å². The number of amides is 4. The average Bonchev–Trinajstić information content (AvgIpc) is 3.93. The maximum Gasteiger partial charge on any atom is 0.353 e. The first kappa shape index (κ1) is 43.8. The van der Waals surface area contributed by atoms with E-state index in [1.54, 1.807) is 45.0 Å². The van der Waals surface area contributed by atoms with Gasteiger partial charge in [0.2, 0.25) is 23.6 Å². The van der Waals surface area contributed by atoms with Crippen molar-refractivity contribution >= 4 is 59.0 Å². The predicted molar refractivity (Wildman–Crippen MR) is 213 cm³/mol. The van der Waals surface area contributed by atoms with Crippen LogP contribution in [0, 0.1) is 35.5 Å². The minimum absolute atomic E-state index is 0.00305. The second-order valence-electron chi connectivity index (χ2n) is 16.8. The zero-order valence-electron chi connectivity index (χ0n) is 33.8. The Morgan fingerprint density at radius 3 is 2.02 bits per heavy atom. The number of hydrogen-bond donors (Lipinski definition) is 7. The molecule has 6 aliphatic rings. The van der Waals surface area contributed by atoms with Crippen molar-refractivity contribution in [3.05, 3.63) is 51.7 Å². The lowest BCUT2D eigenvalue weighted by atomic mass is 9.76.